The second kappa shape index (κ2) is 5.70. The largest absolute Gasteiger partial charge is 0.433 e. The Morgan fingerprint density at radius 3 is 2.45 bits per heavy atom. The molecule has 22 heavy (non-hydrogen) atoms. The minimum Gasteiger partial charge on any atom is -0.307 e. The van der Waals surface area contributed by atoms with E-state index < -0.39 is 29.9 Å². The van der Waals surface area contributed by atoms with Crippen molar-refractivity contribution in [2.24, 2.45) is 7.05 Å². The highest BCUT2D eigenvalue weighted by Gasteiger charge is 2.32. The fourth-order valence-corrected chi connectivity index (χ4v) is 1.60. The molecule has 0 aliphatic heterocycles. The first-order chi connectivity index (χ1) is 10.2. The molecule has 1 N–H and O–H groups in total. The number of aromatic nitrogens is 3. The first kappa shape index (κ1) is 15.9. The molecule has 0 atom stereocenters. The molecule has 10 heteroatoms. The maximum absolute atomic E-state index is 12.5. The molecule has 5 nitrogen and oxygen atoms in total. The highest BCUT2D eigenvalue weighted by molar-refractivity contribution is 6.03. The molecule has 0 unspecified atom stereocenters. The van der Waals surface area contributed by atoms with E-state index in [9.17, 15) is 26.7 Å². The Labute approximate surface area is 120 Å². The molecule has 2 heterocycles. The number of rotatable bonds is 3. The summed E-state index contributed by atoms with van der Waals surface area (Å²) in [6, 6.07) is 2.57. The average molecular weight is 320 g/mol. The van der Waals surface area contributed by atoms with Crippen molar-refractivity contribution in [3.63, 3.8) is 0 Å². The van der Waals surface area contributed by atoms with Crippen molar-refractivity contribution >= 4 is 11.7 Å². The number of halogens is 5. The first-order valence-corrected chi connectivity index (χ1v) is 5.85. The van der Waals surface area contributed by atoms with Gasteiger partial charge in [0.1, 0.15) is 17.2 Å². The summed E-state index contributed by atoms with van der Waals surface area (Å²) in [6.07, 6.45) is -6.66. The number of nitrogens with zero attached hydrogens (tertiary/aromatic N) is 3. The number of alkyl halides is 5. The second-order valence-electron chi connectivity index (χ2n) is 4.26. The van der Waals surface area contributed by atoms with Crippen molar-refractivity contribution in [2.75, 3.05) is 5.32 Å². The predicted octanol–water partition coefficient (Wildman–Crippen LogP) is 3.02. The Morgan fingerprint density at radius 2 is 2.00 bits per heavy atom. The lowest BCUT2D eigenvalue weighted by Gasteiger charge is -2.07. The van der Waals surface area contributed by atoms with Gasteiger partial charge in [0.15, 0.2) is 0 Å². The van der Waals surface area contributed by atoms with Crippen LogP contribution in [0.15, 0.2) is 24.4 Å². The minimum absolute atomic E-state index is 0.0137. The monoisotopic (exact) mass is 320 g/mol. The summed E-state index contributed by atoms with van der Waals surface area (Å²) >= 11 is 0. The lowest BCUT2D eigenvalue weighted by atomic mass is 10.2. The van der Waals surface area contributed by atoms with E-state index in [1.165, 1.54) is 7.05 Å². The molecule has 0 aliphatic carbocycles. The molecule has 2 aromatic heterocycles. The normalized spacial score (nSPS) is 11.8. The topological polar surface area (TPSA) is 59.8 Å². The Kier molecular flexibility index (Phi) is 4.11. The molecule has 0 bridgehead atoms. The van der Waals surface area contributed by atoms with Gasteiger partial charge in [-0.2, -0.15) is 18.3 Å². The van der Waals surface area contributed by atoms with E-state index in [-0.39, 0.29) is 11.4 Å². The molecule has 2 aromatic rings. The highest BCUT2D eigenvalue weighted by atomic mass is 19.4. The number of nitrogens with one attached hydrogen (secondary N) is 1. The van der Waals surface area contributed by atoms with Gasteiger partial charge in [-0.05, 0) is 12.1 Å². The molecule has 0 spiro atoms. The SMILES string of the molecule is Cn1nc(C(F)F)cc1NC(=O)c1ccc(C(F)(F)F)nc1. The molecule has 118 valence electrons. The van der Waals surface area contributed by atoms with Crippen LogP contribution in [0.4, 0.5) is 27.8 Å². The Morgan fingerprint density at radius 1 is 1.32 bits per heavy atom. The summed E-state index contributed by atoms with van der Waals surface area (Å²) in [5, 5.41) is 5.76. The van der Waals surface area contributed by atoms with Crippen LogP contribution in [0.25, 0.3) is 0 Å². The van der Waals surface area contributed by atoms with Crippen molar-refractivity contribution in [2.45, 2.75) is 12.6 Å². The lowest BCUT2D eigenvalue weighted by Crippen LogP contribution is -2.16. The van der Waals surface area contributed by atoms with Crippen LogP contribution in [0.1, 0.15) is 28.2 Å². The molecular weight excluding hydrogens is 311 g/mol. The van der Waals surface area contributed by atoms with Crippen molar-refractivity contribution in [1.82, 2.24) is 14.8 Å². The molecule has 2 rings (SSSR count). The zero-order chi connectivity index (χ0) is 16.5. The number of carbonyl (C=O) groups is 1. The third-order valence-corrected chi connectivity index (χ3v) is 2.68. The summed E-state index contributed by atoms with van der Waals surface area (Å²) in [4.78, 5) is 15.0. The van der Waals surface area contributed by atoms with Crippen molar-refractivity contribution in [3.05, 3.63) is 41.3 Å². The Balaban J connectivity index is 2.16. The molecule has 0 radical (unpaired) electrons. The smallest absolute Gasteiger partial charge is 0.307 e. The van der Waals surface area contributed by atoms with Crippen LogP contribution in [-0.2, 0) is 13.2 Å². The quantitative estimate of drug-likeness (QED) is 0.884. The van der Waals surface area contributed by atoms with Crippen LogP contribution < -0.4 is 5.32 Å². The van der Waals surface area contributed by atoms with Crippen LogP contribution in [0.2, 0.25) is 0 Å². The van der Waals surface area contributed by atoms with Crippen molar-refractivity contribution in [1.29, 1.82) is 0 Å². The van der Waals surface area contributed by atoms with E-state index in [1.807, 2.05) is 0 Å². The van der Waals surface area contributed by atoms with Gasteiger partial charge in [-0.3, -0.25) is 14.5 Å². The van der Waals surface area contributed by atoms with Gasteiger partial charge in [0, 0.05) is 19.3 Å². The summed E-state index contributed by atoms with van der Waals surface area (Å²) in [6.45, 7) is 0. The number of hydrogen-bond donors (Lipinski definition) is 1. The van der Waals surface area contributed by atoms with E-state index in [4.69, 9.17) is 0 Å². The van der Waals surface area contributed by atoms with E-state index in [0.29, 0.717) is 6.07 Å². The van der Waals surface area contributed by atoms with Crippen LogP contribution in [0.5, 0.6) is 0 Å². The number of hydrogen-bond acceptors (Lipinski definition) is 3. The number of anilines is 1. The Hall–Kier alpha value is -2.52. The molecular formula is C12H9F5N4O. The van der Waals surface area contributed by atoms with E-state index >= 15 is 0 Å². The van der Waals surface area contributed by atoms with Gasteiger partial charge in [0.25, 0.3) is 12.3 Å². The summed E-state index contributed by atoms with van der Waals surface area (Å²) < 4.78 is 63.0. The minimum atomic E-state index is -4.61. The molecule has 0 fully saturated rings. The van der Waals surface area contributed by atoms with Crippen molar-refractivity contribution in [3.8, 4) is 0 Å². The van der Waals surface area contributed by atoms with Gasteiger partial charge < -0.3 is 5.32 Å². The second-order valence-corrected chi connectivity index (χ2v) is 4.26. The number of amides is 1. The van der Waals surface area contributed by atoms with E-state index in [2.05, 4.69) is 15.4 Å². The van der Waals surface area contributed by atoms with E-state index in [1.54, 1.807) is 0 Å². The van der Waals surface area contributed by atoms with Crippen LogP contribution in [0.3, 0.4) is 0 Å². The third kappa shape index (κ3) is 3.38. The average Bonchev–Trinajstić information content (AvgIpc) is 2.79. The van der Waals surface area contributed by atoms with Crippen LogP contribution >= 0.6 is 0 Å². The van der Waals surface area contributed by atoms with Crippen LogP contribution in [0, 0.1) is 0 Å². The Bertz CT molecular complexity index is 678. The third-order valence-electron chi connectivity index (χ3n) is 2.68. The van der Waals surface area contributed by atoms with Gasteiger partial charge >= 0.3 is 6.18 Å². The van der Waals surface area contributed by atoms with Gasteiger partial charge in [0.2, 0.25) is 0 Å². The summed E-state index contributed by atoms with van der Waals surface area (Å²) in [5.41, 5.74) is -1.80. The molecule has 0 aromatic carbocycles. The van der Waals surface area contributed by atoms with Gasteiger partial charge in [-0.25, -0.2) is 8.78 Å². The number of aryl methyl sites for hydroxylation is 1. The maximum Gasteiger partial charge on any atom is 0.433 e. The van der Waals surface area contributed by atoms with Gasteiger partial charge in [-0.1, -0.05) is 0 Å². The summed E-state index contributed by atoms with van der Waals surface area (Å²) in [7, 11) is 1.34. The zero-order valence-electron chi connectivity index (χ0n) is 11.0. The van der Waals surface area contributed by atoms with Crippen LogP contribution in [-0.4, -0.2) is 20.7 Å². The van der Waals surface area contributed by atoms with Crippen molar-refractivity contribution < 1.29 is 26.7 Å². The maximum atomic E-state index is 12.5. The molecule has 0 saturated carbocycles. The first-order valence-electron chi connectivity index (χ1n) is 5.85. The predicted molar refractivity (Wildman–Crippen MR) is 65.4 cm³/mol. The highest BCUT2D eigenvalue weighted by Crippen LogP contribution is 2.27. The van der Waals surface area contributed by atoms with E-state index in [0.717, 1.165) is 23.0 Å². The molecule has 1 amide bonds. The standard InChI is InChI=1S/C12H9F5N4O/c1-21-9(4-7(20-21)10(13)14)19-11(22)6-2-3-8(18-5-6)12(15,16)17/h2-5,10H,1H3,(H,19,22). The fourth-order valence-electron chi connectivity index (χ4n) is 1.60. The van der Waals surface area contributed by atoms with Gasteiger partial charge in [-0.15, -0.1) is 0 Å². The lowest BCUT2D eigenvalue weighted by molar-refractivity contribution is -0.141. The number of carbonyl (C=O) groups excluding carboxylic acids is 1. The zero-order valence-corrected chi connectivity index (χ0v) is 11.0. The number of pyridine rings is 1. The molecule has 0 aliphatic rings. The summed E-state index contributed by atoms with van der Waals surface area (Å²) in [5.74, 6) is -0.801. The molecule has 0 saturated heterocycles. The van der Waals surface area contributed by atoms with Gasteiger partial charge in [0.05, 0.1) is 5.56 Å². The fraction of sp³-hybridized carbons (Fsp3) is 0.250.